The van der Waals surface area contributed by atoms with Crippen LogP contribution in [0.25, 0.3) is 0 Å². The fraction of sp³-hybridized carbons (Fsp3) is 0.462. The van der Waals surface area contributed by atoms with Crippen molar-refractivity contribution >= 4 is 5.97 Å². The van der Waals surface area contributed by atoms with E-state index in [1.165, 1.54) is 13.2 Å². The summed E-state index contributed by atoms with van der Waals surface area (Å²) in [5, 5.41) is 19.7. The molecule has 2 rings (SSSR count). The minimum atomic E-state index is -1.02. The number of carbonyl (C=O) groups excluding carboxylic acids is 1. The van der Waals surface area contributed by atoms with E-state index in [0.29, 0.717) is 17.7 Å². The molecule has 0 bridgehead atoms. The van der Waals surface area contributed by atoms with Gasteiger partial charge in [-0.3, -0.25) is 0 Å². The number of phenolic OH excluding ortho intramolecular Hbond substituents is 1. The van der Waals surface area contributed by atoms with Gasteiger partial charge in [-0.25, -0.2) is 4.79 Å². The smallest absolute Gasteiger partial charge is 0.337 e. The van der Waals surface area contributed by atoms with E-state index in [-0.39, 0.29) is 11.3 Å². The highest BCUT2D eigenvalue weighted by Gasteiger charge is 2.36. The van der Waals surface area contributed by atoms with Gasteiger partial charge in [0.2, 0.25) is 0 Å². The number of hydrogen-bond acceptors (Lipinski definition) is 5. The Morgan fingerprint density at radius 2 is 2.17 bits per heavy atom. The van der Waals surface area contributed by atoms with Crippen molar-refractivity contribution in [3.8, 4) is 11.5 Å². The summed E-state index contributed by atoms with van der Waals surface area (Å²) in [6, 6.07) is 2.92. The third kappa shape index (κ3) is 2.13. The van der Waals surface area contributed by atoms with Crippen LogP contribution in [0.3, 0.4) is 0 Å². The Hall–Kier alpha value is -1.75. The van der Waals surface area contributed by atoms with Gasteiger partial charge in [0.05, 0.1) is 18.3 Å². The molecule has 0 aliphatic carbocycles. The van der Waals surface area contributed by atoms with Gasteiger partial charge in [0, 0.05) is 12.0 Å². The molecule has 2 N–H and O–H groups in total. The first-order chi connectivity index (χ1) is 8.32. The Morgan fingerprint density at radius 3 is 2.72 bits per heavy atom. The molecule has 0 aromatic heterocycles. The number of aliphatic hydroxyl groups is 1. The van der Waals surface area contributed by atoms with Gasteiger partial charge >= 0.3 is 5.97 Å². The molecule has 0 fully saturated rings. The summed E-state index contributed by atoms with van der Waals surface area (Å²) in [6.07, 6.45) is 0.00308. The van der Waals surface area contributed by atoms with Crippen molar-refractivity contribution in [3.05, 3.63) is 23.3 Å². The lowest BCUT2D eigenvalue weighted by Gasteiger charge is -2.24. The summed E-state index contributed by atoms with van der Waals surface area (Å²) in [5.41, 5.74) is -0.0482. The van der Waals surface area contributed by atoms with Crippen LogP contribution >= 0.6 is 0 Å². The van der Waals surface area contributed by atoms with Crippen LogP contribution in [0.2, 0.25) is 0 Å². The zero-order chi connectivity index (χ0) is 13.5. The normalized spacial score (nSPS) is 18.1. The van der Waals surface area contributed by atoms with Gasteiger partial charge in [0.25, 0.3) is 0 Å². The Morgan fingerprint density at radius 1 is 1.50 bits per heavy atom. The molecule has 5 nitrogen and oxygen atoms in total. The molecule has 0 radical (unpaired) electrons. The molecule has 1 heterocycles. The van der Waals surface area contributed by atoms with Crippen molar-refractivity contribution in [1.82, 2.24) is 0 Å². The second-order valence-corrected chi connectivity index (χ2v) is 4.94. The van der Waals surface area contributed by atoms with Crippen LogP contribution in [-0.4, -0.2) is 35.0 Å². The molecule has 1 aliphatic rings. The van der Waals surface area contributed by atoms with Crippen LogP contribution < -0.4 is 4.74 Å². The maximum atomic E-state index is 11.4. The minimum Gasteiger partial charge on any atom is -0.504 e. The summed E-state index contributed by atoms with van der Waals surface area (Å²) in [6.45, 7) is 3.28. The van der Waals surface area contributed by atoms with Crippen LogP contribution in [-0.2, 0) is 11.2 Å². The van der Waals surface area contributed by atoms with Crippen LogP contribution in [0, 0.1) is 0 Å². The summed E-state index contributed by atoms with van der Waals surface area (Å²) in [5.74, 6) is -0.297. The Kier molecular flexibility index (Phi) is 2.94. The number of benzene rings is 1. The van der Waals surface area contributed by atoms with E-state index in [1.54, 1.807) is 19.9 Å². The van der Waals surface area contributed by atoms with Crippen molar-refractivity contribution in [3.63, 3.8) is 0 Å². The Balaban J connectivity index is 2.36. The molecule has 0 saturated heterocycles. The first-order valence-electron chi connectivity index (χ1n) is 5.66. The van der Waals surface area contributed by atoms with Crippen molar-refractivity contribution in [2.45, 2.75) is 32.0 Å². The minimum absolute atomic E-state index is 0.111. The number of hydrogen-bond donors (Lipinski definition) is 2. The molecule has 0 unspecified atom stereocenters. The van der Waals surface area contributed by atoms with E-state index < -0.39 is 17.7 Å². The SMILES string of the molecule is COC(=O)c1cc(O)c2c(c1)C[C@@H](C(C)(C)O)O2. The van der Waals surface area contributed by atoms with Gasteiger partial charge in [0.1, 0.15) is 6.10 Å². The first kappa shape index (κ1) is 12.7. The number of ether oxygens (including phenoxy) is 2. The van der Waals surface area contributed by atoms with E-state index in [2.05, 4.69) is 4.74 Å². The summed E-state index contributed by atoms with van der Waals surface area (Å²) in [7, 11) is 1.28. The third-order valence-corrected chi connectivity index (χ3v) is 3.02. The van der Waals surface area contributed by atoms with Crippen LogP contribution in [0.15, 0.2) is 12.1 Å². The van der Waals surface area contributed by atoms with Gasteiger partial charge in [0.15, 0.2) is 11.5 Å². The monoisotopic (exact) mass is 252 g/mol. The largest absolute Gasteiger partial charge is 0.504 e. The number of phenols is 1. The predicted molar refractivity (Wildman–Crippen MR) is 63.9 cm³/mol. The lowest BCUT2D eigenvalue weighted by atomic mass is 9.96. The summed E-state index contributed by atoms with van der Waals surface area (Å²) in [4.78, 5) is 11.4. The fourth-order valence-corrected chi connectivity index (χ4v) is 1.97. The van der Waals surface area contributed by atoms with Gasteiger partial charge in [-0.2, -0.15) is 0 Å². The highest BCUT2D eigenvalue weighted by Crippen LogP contribution is 2.40. The number of aromatic hydroxyl groups is 1. The second-order valence-electron chi connectivity index (χ2n) is 4.94. The zero-order valence-corrected chi connectivity index (χ0v) is 10.6. The molecule has 1 aromatic rings. The van der Waals surface area contributed by atoms with Crippen molar-refractivity contribution < 1.29 is 24.5 Å². The molecule has 1 atom stereocenters. The lowest BCUT2D eigenvalue weighted by Crippen LogP contribution is -2.39. The number of rotatable bonds is 2. The maximum Gasteiger partial charge on any atom is 0.337 e. The number of fused-ring (bicyclic) bond motifs is 1. The van der Waals surface area contributed by atoms with Gasteiger partial charge in [-0.05, 0) is 26.0 Å². The van der Waals surface area contributed by atoms with E-state index in [9.17, 15) is 15.0 Å². The molecule has 5 heteroatoms. The van der Waals surface area contributed by atoms with E-state index >= 15 is 0 Å². The molecule has 0 saturated carbocycles. The number of methoxy groups -OCH3 is 1. The number of carbonyl (C=O) groups is 1. The predicted octanol–water partition coefficient (Wildman–Crippen LogP) is 1.25. The molecule has 1 aromatic carbocycles. The number of esters is 1. The van der Waals surface area contributed by atoms with Crippen LogP contribution in [0.5, 0.6) is 11.5 Å². The summed E-state index contributed by atoms with van der Waals surface area (Å²) >= 11 is 0. The molecule has 0 spiro atoms. The van der Waals surface area contributed by atoms with Gasteiger partial charge in [-0.15, -0.1) is 0 Å². The lowest BCUT2D eigenvalue weighted by molar-refractivity contribution is -0.0235. The van der Waals surface area contributed by atoms with Crippen LogP contribution in [0.1, 0.15) is 29.8 Å². The highest BCUT2D eigenvalue weighted by atomic mass is 16.5. The average Bonchev–Trinajstić information content (AvgIpc) is 2.72. The highest BCUT2D eigenvalue weighted by molar-refractivity contribution is 5.90. The summed E-state index contributed by atoms with van der Waals surface area (Å²) < 4.78 is 10.1. The fourth-order valence-electron chi connectivity index (χ4n) is 1.97. The zero-order valence-electron chi connectivity index (χ0n) is 10.6. The van der Waals surface area contributed by atoms with Crippen molar-refractivity contribution in [2.75, 3.05) is 7.11 Å². The van der Waals surface area contributed by atoms with Gasteiger partial charge < -0.3 is 19.7 Å². The second kappa shape index (κ2) is 4.17. The average molecular weight is 252 g/mol. The van der Waals surface area contributed by atoms with Gasteiger partial charge in [-0.1, -0.05) is 0 Å². The van der Waals surface area contributed by atoms with Crippen LogP contribution in [0.4, 0.5) is 0 Å². The molecule has 18 heavy (non-hydrogen) atoms. The van der Waals surface area contributed by atoms with E-state index in [1.807, 2.05) is 0 Å². The van der Waals surface area contributed by atoms with E-state index in [4.69, 9.17) is 4.74 Å². The molecule has 98 valence electrons. The van der Waals surface area contributed by atoms with E-state index in [0.717, 1.165) is 0 Å². The molecular weight excluding hydrogens is 236 g/mol. The first-order valence-corrected chi connectivity index (χ1v) is 5.66. The van der Waals surface area contributed by atoms with Crippen molar-refractivity contribution in [2.24, 2.45) is 0 Å². The Labute approximate surface area is 105 Å². The molecule has 1 aliphatic heterocycles. The maximum absolute atomic E-state index is 11.4. The topological polar surface area (TPSA) is 76.0 Å². The molecular formula is C13H16O5. The van der Waals surface area contributed by atoms with Crippen molar-refractivity contribution in [1.29, 1.82) is 0 Å². The Bertz CT molecular complexity index is 487. The molecule has 0 amide bonds. The third-order valence-electron chi connectivity index (χ3n) is 3.02. The quantitative estimate of drug-likeness (QED) is 0.775. The standard InChI is InChI=1S/C13H16O5/c1-13(2,16)10-6-7-4-8(12(15)17-3)5-9(14)11(7)18-10/h4-5,10,14,16H,6H2,1-3H3/t10-/m0/s1.